The second-order valence-corrected chi connectivity index (χ2v) is 3.75. The minimum Gasteiger partial charge on any atom is -0.297 e. The first kappa shape index (κ1) is 9.89. The van der Waals surface area contributed by atoms with Gasteiger partial charge in [0.2, 0.25) is 0 Å². The molecule has 4 heteroatoms. The summed E-state index contributed by atoms with van der Waals surface area (Å²) in [6.07, 6.45) is 3.84. The van der Waals surface area contributed by atoms with Gasteiger partial charge in [-0.3, -0.25) is 4.79 Å². The second kappa shape index (κ2) is 3.68. The van der Waals surface area contributed by atoms with Crippen LogP contribution in [0.25, 0.3) is 0 Å². The van der Waals surface area contributed by atoms with Gasteiger partial charge in [0.15, 0.2) is 5.78 Å². The van der Waals surface area contributed by atoms with E-state index in [0.717, 1.165) is 6.42 Å². The fourth-order valence-corrected chi connectivity index (χ4v) is 0.873. The molecule has 1 aromatic rings. The highest BCUT2D eigenvalue weighted by Crippen LogP contribution is 2.21. The molecule has 0 radical (unpaired) electrons. The van der Waals surface area contributed by atoms with Gasteiger partial charge in [-0.25, -0.2) is 9.67 Å². The van der Waals surface area contributed by atoms with Crippen molar-refractivity contribution in [2.75, 3.05) is 0 Å². The quantitative estimate of drug-likeness (QED) is 0.703. The van der Waals surface area contributed by atoms with Gasteiger partial charge in [0.1, 0.15) is 19.2 Å². The smallest absolute Gasteiger partial charge is 0.159 e. The maximum atomic E-state index is 11.7. The van der Waals surface area contributed by atoms with Crippen molar-refractivity contribution in [1.82, 2.24) is 14.8 Å². The Morgan fingerprint density at radius 2 is 2.23 bits per heavy atom. The second-order valence-electron chi connectivity index (χ2n) is 3.75. The Morgan fingerprint density at radius 3 is 2.69 bits per heavy atom. The van der Waals surface area contributed by atoms with E-state index >= 15 is 0 Å². The van der Waals surface area contributed by atoms with Crippen LogP contribution < -0.4 is 0 Å². The molecular weight excluding hydrogens is 166 g/mol. The molecule has 0 aliphatic carbocycles. The number of ketones is 1. The third kappa shape index (κ3) is 2.37. The van der Waals surface area contributed by atoms with Crippen LogP contribution >= 0.6 is 0 Å². The zero-order valence-corrected chi connectivity index (χ0v) is 8.32. The topological polar surface area (TPSA) is 47.8 Å². The summed E-state index contributed by atoms with van der Waals surface area (Å²) in [6.45, 7) is 6.23. The minimum atomic E-state index is -0.258. The Kier molecular flexibility index (Phi) is 2.80. The highest BCUT2D eigenvalue weighted by atomic mass is 16.1. The molecule has 0 aliphatic heterocycles. The van der Waals surface area contributed by atoms with Gasteiger partial charge in [0.05, 0.1) is 0 Å². The standard InChI is InChI=1S/C9H15N3O/c1-4-9(2,3)8(13)5-12-7-10-6-11-12/h6-7H,4-5H2,1-3H3. The highest BCUT2D eigenvalue weighted by Gasteiger charge is 2.25. The van der Waals surface area contributed by atoms with E-state index in [9.17, 15) is 4.79 Å². The van der Waals surface area contributed by atoms with E-state index in [1.807, 2.05) is 20.8 Å². The van der Waals surface area contributed by atoms with Gasteiger partial charge in [-0.2, -0.15) is 5.10 Å². The Labute approximate surface area is 78.0 Å². The van der Waals surface area contributed by atoms with Crippen LogP contribution in [0.5, 0.6) is 0 Å². The number of nitrogens with zero attached hydrogens (tertiary/aromatic N) is 3. The van der Waals surface area contributed by atoms with E-state index in [2.05, 4.69) is 10.1 Å². The summed E-state index contributed by atoms with van der Waals surface area (Å²) in [5, 5.41) is 3.89. The van der Waals surface area contributed by atoms with E-state index in [-0.39, 0.29) is 11.2 Å². The Morgan fingerprint density at radius 1 is 1.54 bits per heavy atom. The van der Waals surface area contributed by atoms with Gasteiger partial charge >= 0.3 is 0 Å². The fraction of sp³-hybridized carbons (Fsp3) is 0.667. The lowest BCUT2D eigenvalue weighted by molar-refractivity contribution is -0.128. The van der Waals surface area contributed by atoms with Gasteiger partial charge in [0, 0.05) is 5.41 Å². The van der Waals surface area contributed by atoms with Gasteiger partial charge in [-0.15, -0.1) is 0 Å². The van der Waals surface area contributed by atoms with Crippen LogP contribution in [0, 0.1) is 5.41 Å². The van der Waals surface area contributed by atoms with Crippen LogP contribution in [0.4, 0.5) is 0 Å². The average Bonchev–Trinajstić information content (AvgIpc) is 2.57. The molecule has 0 unspecified atom stereocenters. The van der Waals surface area contributed by atoms with Crippen LogP contribution in [0.1, 0.15) is 27.2 Å². The van der Waals surface area contributed by atoms with Crippen LogP contribution in [0.3, 0.4) is 0 Å². The summed E-state index contributed by atoms with van der Waals surface area (Å²) in [5.74, 6) is 0.195. The van der Waals surface area contributed by atoms with Crippen LogP contribution in [-0.2, 0) is 11.3 Å². The molecule has 0 bridgehead atoms. The third-order valence-corrected chi connectivity index (χ3v) is 2.41. The molecule has 0 spiro atoms. The first-order valence-corrected chi connectivity index (χ1v) is 4.42. The number of carbonyl (C=O) groups excluding carboxylic acids is 1. The molecule has 0 amide bonds. The lowest BCUT2D eigenvalue weighted by Gasteiger charge is -2.20. The monoisotopic (exact) mass is 181 g/mol. The number of Topliss-reactive ketones (excluding diaryl/α,β-unsaturated/α-hetero) is 1. The largest absolute Gasteiger partial charge is 0.297 e. The first-order chi connectivity index (χ1) is 6.06. The first-order valence-electron chi connectivity index (χ1n) is 4.42. The molecule has 0 N–H and O–H groups in total. The Bertz CT molecular complexity index is 277. The van der Waals surface area contributed by atoms with Crippen molar-refractivity contribution < 1.29 is 4.79 Å². The van der Waals surface area contributed by atoms with Gasteiger partial charge in [0.25, 0.3) is 0 Å². The molecule has 1 rings (SSSR count). The molecule has 72 valence electrons. The van der Waals surface area contributed by atoms with Crippen molar-refractivity contribution >= 4 is 5.78 Å². The number of hydrogen-bond donors (Lipinski definition) is 0. The van der Waals surface area contributed by atoms with Crippen LogP contribution in [0.2, 0.25) is 0 Å². The van der Waals surface area contributed by atoms with E-state index < -0.39 is 0 Å². The minimum absolute atomic E-state index is 0.195. The molecular formula is C9H15N3O. The predicted molar refractivity (Wildman–Crippen MR) is 49.1 cm³/mol. The van der Waals surface area contributed by atoms with Gasteiger partial charge in [-0.05, 0) is 6.42 Å². The van der Waals surface area contributed by atoms with E-state index in [1.165, 1.54) is 6.33 Å². The van der Waals surface area contributed by atoms with Crippen LogP contribution in [0.15, 0.2) is 12.7 Å². The molecule has 0 fully saturated rings. The number of rotatable bonds is 4. The molecule has 0 saturated carbocycles. The van der Waals surface area contributed by atoms with Gasteiger partial charge in [-0.1, -0.05) is 20.8 Å². The summed E-state index contributed by atoms with van der Waals surface area (Å²) in [4.78, 5) is 15.5. The molecule has 13 heavy (non-hydrogen) atoms. The Hall–Kier alpha value is -1.19. The normalized spacial score (nSPS) is 11.6. The molecule has 4 nitrogen and oxygen atoms in total. The van der Waals surface area contributed by atoms with Crippen molar-refractivity contribution in [3.05, 3.63) is 12.7 Å². The summed E-state index contributed by atoms with van der Waals surface area (Å²) in [7, 11) is 0. The lowest BCUT2D eigenvalue weighted by atomic mass is 9.85. The molecule has 0 atom stereocenters. The zero-order valence-electron chi connectivity index (χ0n) is 8.32. The number of aromatic nitrogens is 3. The molecule has 1 heterocycles. The van der Waals surface area contributed by atoms with Crippen molar-refractivity contribution in [1.29, 1.82) is 0 Å². The predicted octanol–water partition coefficient (Wildman–Crippen LogP) is 1.28. The maximum Gasteiger partial charge on any atom is 0.159 e. The molecule has 1 aromatic heterocycles. The third-order valence-electron chi connectivity index (χ3n) is 2.41. The summed E-state index contributed by atoms with van der Waals surface area (Å²) < 4.78 is 1.56. The number of carbonyl (C=O) groups is 1. The molecule has 0 aliphatic rings. The van der Waals surface area contributed by atoms with Gasteiger partial charge < -0.3 is 0 Å². The van der Waals surface area contributed by atoms with Crippen LogP contribution in [-0.4, -0.2) is 20.5 Å². The fourth-order valence-electron chi connectivity index (χ4n) is 0.873. The number of hydrogen-bond acceptors (Lipinski definition) is 3. The lowest BCUT2D eigenvalue weighted by Crippen LogP contribution is -2.27. The molecule has 0 aromatic carbocycles. The van der Waals surface area contributed by atoms with E-state index in [4.69, 9.17) is 0 Å². The van der Waals surface area contributed by atoms with Crippen molar-refractivity contribution in [3.8, 4) is 0 Å². The Balaban J connectivity index is 2.61. The van der Waals surface area contributed by atoms with E-state index in [0.29, 0.717) is 6.54 Å². The zero-order chi connectivity index (χ0) is 9.90. The highest BCUT2D eigenvalue weighted by molar-refractivity contribution is 5.83. The van der Waals surface area contributed by atoms with Crippen molar-refractivity contribution in [2.45, 2.75) is 33.7 Å². The average molecular weight is 181 g/mol. The SMILES string of the molecule is CCC(C)(C)C(=O)Cn1cncn1. The summed E-state index contributed by atoms with van der Waals surface area (Å²) in [6, 6.07) is 0. The van der Waals surface area contributed by atoms with Crippen molar-refractivity contribution in [3.63, 3.8) is 0 Å². The van der Waals surface area contributed by atoms with E-state index in [1.54, 1.807) is 11.0 Å². The summed E-state index contributed by atoms with van der Waals surface area (Å²) >= 11 is 0. The summed E-state index contributed by atoms with van der Waals surface area (Å²) in [5.41, 5.74) is -0.258. The van der Waals surface area contributed by atoms with Crippen molar-refractivity contribution in [2.24, 2.45) is 5.41 Å². The maximum absolute atomic E-state index is 11.7. The molecule has 0 saturated heterocycles.